The summed E-state index contributed by atoms with van der Waals surface area (Å²) >= 11 is 0. The maximum Gasteiger partial charge on any atom is 0.160 e. The van der Waals surface area contributed by atoms with Crippen LogP contribution in [0.3, 0.4) is 0 Å². The van der Waals surface area contributed by atoms with Gasteiger partial charge in [-0.2, -0.15) is 5.26 Å². The molecule has 0 unspecified atom stereocenters. The number of fused-ring (bicyclic) bond motifs is 14. The van der Waals surface area contributed by atoms with Gasteiger partial charge in [0.2, 0.25) is 0 Å². The Morgan fingerprint density at radius 3 is 1.45 bits per heavy atom. The van der Waals surface area contributed by atoms with Crippen molar-refractivity contribution in [1.29, 1.82) is 5.26 Å². The summed E-state index contributed by atoms with van der Waals surface area (Å²) < 4.78 is 48.0. The fraction of sp³-hybridized carbons (Fsp3) is 0. The fourth-order valence-electron chi connectivity index (χ4n) is 8.94. The molecule has 0 saturated carbocycles. The van der Waals surface area contributed by atoms with E-state index in [4.69, 9.17) is 8.83 Å². The van der Waals surface area contributed by atoms with Crippen molar-refractivity contribution in [3.05, 3.63) is 169 Å². The average Bonchev–Trinajstić information content (AvgIpc) is 3.98. The third-order valence-electron chi connectivity index (χ3n) is 11.2. The Morgan fingerprint density at radius 1 is 0.446 bits per heavy atom. The van der Waals surface area contributed by atoms with Crippen molar-refractivity contribution >= 4 is 87.5 Å². The van der Waals surface area contributed by atoms with Crippen molar-refractivity contribution in [3.63, 3.8) is 0 Å². The molecule has 56 heavy (non-hydrogen) atoms. The summed E-state index contributed by atoms with van der Waals surface area (Å²) in [4.78, 5) is 0. The van der Waals surface area contributed by atoms with Crippen molar-refractivity contribution in [3.8, 4) is 28.6 Å². The Bertz CT molecular complexity index is 3690. The largest absolute Gasteiger partial charge is 0.454 e. The van der Waals surface area contributed by atoms with E-state index < -0.39 is 11.6 Å². The van der Waals surface area contributed by atoms with E-state index in [2.05, 4.69) is 51.6 Å². The number of para-hydroxylation sites is 4. The lowest BCUT2D eigenvalue weighted by molar-refractivity contribution is 0.584. The Labute approximate surface area is 316 Å². The molecule has 7 heteroatoms. The molecule has 262 valence electrons. The van der Waals surface area contributed by atoms with Crippen LogP contribution in [-0.2, 0) is 0 Å². The minimum Gasteiger partial charge on any atom is -0.454 e. The van der Waals surface area contributed by atoms with E-state index in [0.717, 1.165) is 82.4 Å². The van der Waals surface area contributed by atoms with Crippen LogP contribution in [0.1, 0.15) is 5.56 Å². The molecule has 0 bridgehead atoms. The number of rotatable bonds is 3. The number of aromatic nitrogens is 2. The van der Waals surface area contributed by atoms with E-state index in [1.165, 1.54) is 12.1 Å². The maximum absolute atomic E-state index is 15.3. The second kappa shape index (κ2) is 11.2. The topological polar surface area (TPSA) is 59.9 Å². The first-order valence-electron chi connectivity index (χ1n) is 18.3. The Hall–Kier alpha value is -7.69. The molecule has 0 amide bonds. The molecule has 0 N–H and O–H groups in total. The molecule has 0 aliphatic carbocycles. The summed E-state index contributed by atoms with van der Waals surface area (Å²) in [6.07, 6.45) is 0. The monoisotopic (exact) mass is 725 g/mol. The SMILES string of the molecule is N#Cc1cc(-n2c3ccccc3c3ccc4c5ccccc5oc4c32)c(-c2cc(F)cc(F)c2)cc1-n1c2ccccc2c2ccc3c4ccccc4oc3c21. The first kappa shape index (κ1) is 30.7. The minimum atomic E-state index is -0.709. The zero-order chi connectivity index (χ0) is 37.2. The van der Waals surface area contributed by atoms with Crippen molar-refractivity contribution in [2.45, 2.75) is 0 Å². The lowest BCUT2D eigenvalue weighted by Crippen LogP contribution is -2.04. The third kappa shape index (κ3) is 4.10. The molecule has 0 spiro atoms. The summed E-state index contributed by atoms with van der Waals surface area (Å²) in [5.41, 5.74) is 8.47. The predicted octanol–water partition coefficient (Wildman–Crippen LogP) is 13.5. The highest BCUT2D eigenvalue weighted by Crippen LogP contribution is 2.45. The molecular weight excluding hydrogens is 701 g/mol. The van der Waals surface area contributed by atoms with Gasteiger partial charge in [-0.1, -0.05) is 84.9 Å². The molecule has 12 rings (SSSR count). The van der Waals surface area contributed by atoms with Gasteiger partial charge in [-0.25, -0.2) is 8.78 Å². The molecule has 0 atom stereocenters. The quantitative estimate of drug-likeness (QED) is 0.182. The number of benzene rings is 8. The molecule has 0 saturated heterocycles. The van der Waals surface area contributed by atoms with Gasteiger partial charge in [-0.05, 0) is 66.2 Å². The van der Waals surface area contributed by atoms with E-state index in [1.807, 2.05) is 97.1 Å². The number of nitriles is 1. The van der Waals surface area contributed by atoms with E-state index in [-0.39, 0.29) is 0 Å². The van der Waals surface area contributed by atoms with Crippen LogP contribution in [0.2, 0.25) is 0 Å². The van der Waals surface area contributed by atoms with E-state index in [0.29, 0.717) is 39.2 Å². The summed E-state index contributed by atoms with van der Waals surface area (Å²) in [5.74, 6) is -1.42. The zero-order valence-electron chi connectivity index (χ0n) is 29.3. The zero-order valence-corrected chi connectivity index (χ0v) is 29.3. The van der Waals surface area contributed by atoms with Crippen LogP contribution in [0, 0.1) is 23.0 Å². The number of nitrogens with zero attached hydrogens (tertiary/aromatic N) is 3. The van der Waals surface area contributed by atoms with Crippen molar-refractivity contribution in [2.75, 3.05) is 0 Å². The van der Waals surface area contributed by atoms with Crippen LogP contribution in [0.5, 0.6) is 0 Å². The summed E-state index contributed by atoms with van der Waals surface area (Å²) in [6.45, 7) is 0. The maximum atomic E-state index is 15.3. The van der Waals surface area contributed by atoms with E-state index in [1.54, 1.807) is 0 Å². The predicted molar refractivity (Wildman–Crippen MR) is 220 cm³/mol. The smallest absolute Gasteiger partial charge is 0.160 e. The summed E-state index contributed by atoms with van der Waals surface area (Å²) in [5, 5.41) is 18.8. The van der Waals surface area contributed by atoms with Crippen LogP contribution >= 0.6 is 0 Å². The van der Waals surface area contributed by atoms with Crippen LogP contribution < -0.4 is 0 Å². The van der Waals surface area contributed by atoms with Crippen LogP contribution in [0.4, 0.5) is 8.78 Å². The molecule has 0 aliphatic rings. The van der Waals surface area contributed by atoms with Crippen molar-refractivity contribution in [2.24, 2.45) is 0 Å². The molecule has 5 nitrogen and oxygen atoms in total. The molecule has 0 radical (unpaired) electrons. The average molecular weight is 726 g/mol. The highest BCUT2D eigenvalue weighted by Gasteiger charge is 2.26. The van der Waals surface area contributed by atoms with Crippen LogP contribution in [0.25, 0.3) is 110 Å². The third-order valence-corrected chi connectivity index (χ3v) is 11.2. The molecule has 8 aromatic carbocycles. The summed E-state index contributed by atoms with van der Waals surface area (Å²) in [7, 11) is 0. The molecule has 4 heterocycles. The Kier molecular flexibility index (Phi) is 6.13. The number of halogens is 2. The fourth-order valence-corrected chi connectivity index (χ4v) is 8.94. The van der Waals surface area contributed by atoms with Crippen molar-refractivity contribution < 1.29 is 17.6 Å². The number of furan rings is 2. The number of hydrogen-bond acceptors (Lipinski definition) is 3. The molecule has 0 fully saturated rings. The van der Waals surface area contributed by atoms with E-state index >= 15 is 8.78 Å². The van der Waals surface area contributed by atoms with Gasteiger partial charge in [0, 0.05) is 54.7 Å². The molecule has 4 aromatic heterocycles. The van der Waals surface area contributed by atoms with Gasteiger partial charge >= 0.3 is 0 Å². The Balaban J connectivity index is 1.27. The molecule has 0 aliphatic heterocycles. The van der Waals surface area contributed by atoms with Gasteiger partial charge in [-0.3, -0.25) is 0 Å². The van der Waals surface area contributed by atoms with Gasteiger partial charge in [0.25, 0.3) is 0 Å². The minimum absolute atomic E-state index is 0.320. The first-order chi connectivity index (χ1) is 27.6. The normalized spacial score (nSPS) is 12.1. The highest BCUT2D eigenvalue weighted by molar-refractivity contribution is 6.23. The van der Waals surface area contributed by atoms with Gasteiger partial charge in [-0.15, -0.1) is 0 Å². The van der Waals surface area contributed by atoms with Crippen LogP contribution in [-0.4, -0.2) is 9.13 Å². The standard InChI is InChI=1S/C49H25F2N3O2/c50-29-21-27(22-30(51)24-29)39-25-42(53-40-13-5-1-9-31(40)35-17-19-37-33-11-3-7-15-44(33)55-48(37)46(35)53)28(26-52)23-43(39)54-41-14-6-2-10-32(41)36-18-20-38-34-12-4-8-16-45(34)56-49(38)47(36)54/h1-25H. The number of hydrogen-bond donors (Lipinski definition) is 0. The Morgan fingerprint density at radius 2 is 0.911 bits per heavy atom. The lowest BCUT2D eigenvalue weighted by Gasteiger charge is -2.19. The van der Waals surface area contributed by atoms with Crippen molar-refractivity contribution in [1.82, 2.24) is 9.13 Å². The lowest BCUT2D eigenvalue weighted by atomic mass is 9.98. The first-order valence-corrected chi connectivity index (χ1v) is 18.3. The van der Waals surface area contributed by atoms with Gasteiger partial charge in [0.1, 0.15) is 28.9 Å². The van der Waals surface area contributed by atoms with Crippen LogP contribution in [0.15, 0.2) is 160 Å². The molecule has 12 aromatic rings. The second-order valence-corrected chi connectivity index (χ2v) is 14.2. The second-order valence-electron chi connectivity index (χ2n) is 14.2. The van der Waals surface area contributed by atoms with Gasteiger partial charge in [0.05, 0.1) is 39.0 Å². The highest BCUT2D eigenvalue weighted by atomic mass is 19.1. The van der Waals surface area contributed by atoms with Gasteiger partial charge in [0.15, 0.2) is 11.2 Å². The summed E-state index contributed by atoms with van der Waals surface area (Å²) in [6, 6.07) is 50.0. The molecular formula is C49H25F2N3O2. The van der Waals surface area contributed by atoms with E-state index in [9.17, 15) is 5.26 Å². The van der Waals surface area contributed by atoms with Gasteiger partial charge < -0.3 is 18.0 Å².